The first-order chi connectivity index (χ1) is 10.0. The second-order valence-corrected chi connectivity index (χ2v) is 5.10. The fourth-order valence-electron chi connectivity index (χ4n) is 2.04. The summed E-state index contributed by atoms with van der Waals surface area (Å²) in [6.45, 7) is 4.94. The number of amides is 2. The molecule has 2 amide bonds. The van der Waals surface area contributed by atoms with Gasteiger partial charge in [-0.25, -0.2) is 0 Å². The zero-order valence-electron chi connectivity index (χ0n) is 12.6. The van der Waals surface area contributed by atoms with E-state index in [1.807, 2.05) is 32.0 Å². The Morgan fingerprint density at radius 3 is 3.00 bits per heavy atom. The van der Waals surface area contributed by atoms with Crippen LogP contribution < -0.4 is 15.4 Å². The van der Waals surface area contributed by atoms with Gasteiger partial charge >= 0.3 is 0 Å². The molecule has 1 aromatic rings. The van der Waals surface area contributed by atoms with Gasteiger partial charge in [-0.15, -0.1) is 0 Å². The lowest BCUT2D eigenvalue weighted by molar-refractivity contribution is -0.128. The minimum atomic E-state index is -0.153. The molecular weight excluding hydrogens is 270 g/mol. The van der Waals surface area contributed by atoms with Crippen LogP contribution >= 0.6 is 0 Å². The van der Waals surface area contributed by atoms with Crippen LogP contribution in [0, 0.1) is 0 Å². The molecule has 0 aromatic heterocycles. The molecule has 2 N–H and O–H groups in total. The number of anilines is 1. The van der Waals surface area contributed by atoms with Crippen molar-refractivity contribution in [1.29, 1.82) is 0 Å². The van der Waals surface area contributed by atoms with Gasteiger partial charge in [-0.1, -0.05) is 6.07 Å². The summed E-state index contributed by atoms with van der Waals surface area (Å²) in [7, 11) is 1.78. The van der Waals surface area contributed by atoms with E-state index < -0.39 is 0 Å². The normalized spacial score (nSPS) is 14.7. The number of benzene rings is 1. The monoisotopic (exact) mass is 291 g/mol. The summed E-state index contributed by atoms with van der Waals surface area (Å²) in [6, 6.07) is 5.64. The third-order valence-electron chi connectivity index (χ3n) is 3.60. The van der Waals surface area contributed by atoms with Crippen molar-refractivity contribution in [2.75, 3.05) is 32.1 Å². The van der Waals surface area contributed by atoms with E-state index in [4.69, 9.17) is 4.74 Å². The Kier molecular flexibility index (Phi) is 4.80. The number of likely N-dealkylation sites (N-methyl/N-ethyl adjacent to an activating group) is 1. The molecule has 1 unspecified atom stereocenters. The standard InChI is InChI=1S/C15H21N3O3/c1-4-18(3)15(20)8-16-10(2)11-5-6-13-12(7-11)17-14(19)9-21-13/h5-7,10,16H,4,8-9H2,1-3H3,(H,17,19). The molecule has 0 bridgehead atoms. The van der Waals surface area contributed by atoms with Crippen LogP contribution in [0.3, 0.4) is 0 Å². The lowest BCUT2D eigenvalue weighted by Gasteiger charge is -2.21. The summed E-state index contributed by atoms with van der Waals surface area (Å²) in [5.74, 6) is 0.575. The van der Waals surface area contributed by atoms with Gasteiger partial charge in [0.15, 0.2) is 6.61 Å². The van der Waals surface area contributed by atoms with Gasteiger partial charge in [-0.3, -0.25) is 9.59 Å². The second-order valence-electron chi connectivity index (χ2n) is 5.10. The summed E-state index contributed by atoms with van der Waals surface area (Å²) < 4.78 is 5.32. The van der Waals surface area contributed by atoms with E-state index in [1.165, 1.54) is 0 Å². The fourth-order valence-corrected chi connectivity index (χ4v) is 2.04. The third-order valence-corrected chi connectivity index (χ3v) is 3.60. The molecule has 6 nitrogen and oxygen atoms in total. The molecule has 1 atom stereocenters. The third kappa shape index (κ3) is 3.72. The maximum atomic E-state index is 11.8. The first-order valence-electron chi connectivity index (χ1n) is 7.05. The lowest BCUT2D eigenvalue weighted by Crippen LogP contribution is -2.36. The maximum Gasteiger partial charge on any atom is 0.262 e. The highest BCUT2D eigenvalue weighted by atomic mass is 16.5. The van der Waals surface area contributed by atoms with E-state index >= 15 is 0 Å². The zero-order valence-corrected chi connectivity index (χ0v) is 12.6. The number of carbonyl (C=O) groups is 2. The van der Waals surface area contributed by atoms with Crippen LogP contribution in [0.2, 0.25) is 0 Å². The Labute approximate surface area is 124 Å². The van der Waals surface area contributed by atoms with Crippen LogP contribution in [0.5, 0.6) is 5.75 Å². The van der Waals surface area contributed by atoms with E-state index in [1.54, 1.807) is 11.9 Å². The smallest absolute Gasteiger partial charge is 0.262 e. The van der Waals surface area contributed by atoms with Crippen LogP contribution in [-0.2, 0) is 9.59 Å². The van der Waals surface area contributed by atoms with E-state index in [0.717, 1.165) is 5.56 Å². The van der Waals surface area contributed by atoms with Gasteiger partial charge in [-0.2, -0.15) is 0 Å². The number of carbonyl (C=O) groups excluding carboxylic acids is 2. The topological polar surface area (TPSA) is 70.7 Å². The van der Waals surface area contributed by atoms with E-state index in [2.05, 4.69) is 10.6 Å². The Bertz CT molecular complexity index is 545. The molecule has 1 aliphatic heterocycles. The van der Waals surface area contributed by atoms with Gasteiger partial charge in [0.25, 0.3) is 5.91 Å². The number of hydrogen-bond donors (Lipinski definition) is 2. The van der Waals surface area contributed by atoms with Gasteiger partial charge in [0.1, 0.15) is 5.75 Å². The Morgan fingerprint density at radius 2 is 2.29 bits per heavy atom. The van der Waals surface area contributed by atoms with E-state index in [-0.39, 0.29) is 31.0 Å². The molecule has 0 radical (unpaired) electrons. The zero-order chi connectivity index (χ0) is 15.4. The summed E-state index contributed by atoms with van der Waals surface area (Å²) in [5.41, 5.74) is 1.67. The van der Waals surface area contributed by atoms with Gasteiger partial charge in [-0.05, 0) is 31.5 Å². The SMILES string of the molecule is CCN(C)C(=O)CNC(C)c1ccc2c(c1)NC(=O)CO2. The van der Waals surface area contributed by atoms with Crippen LogP contribution in [-0.4, -0.2) is 43.5 Å². The maximum absolute atomic E-state index is 11.8. The molecule has 0 fully saturated rings. The molecular formula is C15H21N3O3. The highest BCUT2D eigenvalue weighted by molar-refractivity contribution is 5.95. The van der Waals surface area contributed by atoms with Gasteiger partial charge < -0.3 is 20.3 Å². The molecule has 2 rings (SSSR count). The highest BCUT2D eigenvalue weighted by Crippen LogP contribution is 2.30. The predicted octanol–water partition coefficient (Wildman–Crippen LogP) is 1.15. The number of fused-ring (bicyclic) bond motifs is 1. The van der Waals surface area contributed by atoms with Crippen molar-refractivity contribution in [2.45, 2.75) is 19.9 Å². The number of nitrogens with one attached hydrogen (secondary N) is 2. The molecule has 0 saturated carbocycles. The molecule has 21 heavy (non-hydrogen) atoms. The van der Waals surface area contributed by atoms with Crippen LogP contribution in [0.4, 0.5) is 5.69 Å². The molecule has 1 aliphatic rings. The first kappa shape index (κ1) is 15.3. The van der Waals surface area contributed by atoms with Crippen molar-refractivity contribution >= 4 is 17.5 Å². The molecule has 0 spiro atoms. The quantitative estimate of drug-likeness (QED) is 0.853. The summed E-state index contributed by atoms with van der Waals surface area (Å²) in [5, 5.41) is 5.97. The van der Waals surface area contributed by atoms with Gasteiger partial charge in [0, 0.05) is 19.6 Å². The molecule has 0 saturated heterocycles. The van der Waals surface area contributed by atoms with Gasteiger partial charge in [0.2, 0.25) is 5.91 Å². The van der Waals surface area contributed by atoms with Crippen molar-refractivity contribution in [3.63, 3.8) is 0 Å². The number of rotatable bonds is 5. The van der Waals surface area contributed by atoms with Crippen molar-refractivity contribution in [3.05, 3.63) is 23.8 Å². The second kappa shape index (κ2) is 6.58. The molecule has 0 aliphatic carbocycles. The predicted molar refractivity (Wildman–Crippen MR) is 80.3 cm³/mol. The average Bonchev–Trinajstić information content (AvgIpc) is 2.50. The van der Waals surface area contributed by atoms with Crippen LogP contribution in [0.1, 0.15) is 25.5 Å². The van der Waals surface area contributed by atoms with E-state index in [0.29, 0.717) is 18.0 Å². The number of hydrogen-bond acceptors (Lipinski definition) is 4. The lowest BCUT2D eigenvalue weighted by atomic mass is 10.1. The number of nitrogens with zero attached hydrogens (tertiary/aromatic N) is 1. The average molecular weight is 291 g/mol. The molecule has 6 heteroatoms. The fraction of sp³-hybridized carbons (Fsp3) is 0.467. The minimum absolute atomic E-state index is 0.00309. The van der Waals surface area contributed by atoms with Gasteiger partial charge in [0.05, 0.1) is 12.2 Å². The van der Waals surface area contributed by atoms with Crippen molar-refractivity contribution < 1.29 is 14.3 Å². The van der Waals surface area contributed by atoms with Crippen molar-refractivity contribution in [2.24, 2.45) is 0 Å². The van der Waals surface area contributed by atoms with Crippen LogP contribution in [0.25, 0.3) is 0 Å². The summed E-state index contributed by atoms with van der Waals surface area (Å²) in [4.78, 5) is 24.8. The Morgan fingerprint density at radius 1 is 1.52 bits per heavy atom. The largest absolute Gasteiger partial charge is 0.482 e. The van der Waals surface area contributed by atoms with Crippen molar-refractivity contribution in [1.82, 2.24) is 10.2 Å². The molecule has 114 valence electrons. The Hall–Kier alpha value is -2.08. The van der Waals surface area contributed by atoms with E-state index in [9.17, 15) is 9.59 Å². The molecule has 1 aromatic carbocycles. The Balaban J connectivity index is 2.00. The molecule has 1 heterocycles. The first-order valence-corrected chi connectivity index (χ1v) is 7.05. The minimum Gasteiger partial charge on any atom is -0.482 e. The van der Waals surface area contributed by atoms with Crippen molar-refractivity contribution in [3.8, 4) is 5.75 Å². The highest BCUT2D eigenvalue weighted by Gasteiger charge is 2.17. The number of ether oxygens (including phenoxy) is 1. The summed E-state index contributed by atoms with van der Waals surface area (Å²) >= 11 is 0. The van der Waals surface area contributed by atoms with Crippen LogP contribution in [0.15, 0.2) is 18.2 Å². The summed E-state index contributed by atoms with van der Waals surface area (Å²) in [6.07, 6.45) is 0.